The van der Waals surface area contributed by atoms with Crippen molar-refractivity contribution >= 4 is 17.4 Å². The molecule has 0 saturated carbocycles. The Morgan fingerprint density at radius 1 is 1.24 bits per heavy atom. The largest absolute Gasteiger partial charge is 0.307 e. The molecule has 0 aliphatic heterocycles. The minimum absolute atomic E-state index is 0.861. The number of pyridine rings is 1. The maximum Gasteiger partial charge on any atom is 0.190 e. The molecule has 0 spiro atoms. The highest BCUT2D eigenvalue weighted by Gasteiger charge is 2.10. The van der Waals surface area contributed by atoms with E-state index in [1.54, 1.807) is 18.0 Å². The van der Waals surface area contributed by atoms with E-state index in [4.69, 9.17) is 0 Å². The molecule has 0 atom stereocenters. The third-order valence-electron chi connectivity index (χ3n) is 2.67. The zero-order valence-electron chi connectivity index (χ0n) is 9.53. The van der Waals surface area contributed by atoms with E-state index in [1.807, 2.05) is 46.8 Å². The fourth-order valence-electron chi connectivity index (χ4n) is 1.79. The van der Waals surface area contributed by atoms with Gasteiger partial charge in [-0.15, -0.1) is 10.2 Å². The molecule has 0 aliphatic carbocycles. The first-order chi connectivity index (χ1) is 8.29. The Bertz CT molecular complexity index is 669. The van der Waals surface area contributed by atoms with Gasteiger partial charge in [-0.1, -0.05) is 11.8 Å². The SMILES string of the molecule is CSc1nnc(-c2ccn3ccnc3c2)n1C. The second-order valence-electron chi connectivity index (χ2n) is 3.68. The van der Waals surface area contributed by atoms with Crippen LogP contribution in [-0.2, 0) is 7.05 Å². The lowest BCUT2D eigenvalue weighted by Crippen LogP contribution is -1.95. The quantitative estimate of drug-likeness (QED) is 0.646. The van der Waals surface area contributed by atoms with Crippen LogP contribution in [0.5, 0.6) is 0 Å². The Morgan fingerprint density at radius 2 is 2.12 bits per heavy atom. The van der Waals surface area contributed by atoms with Crippen LogP contribution < -0.4 is 0 Å². The van der Waals surface area contributed by atoms with Crippen LogP contribution in [0.2, 0.25) is 0 Å². The van der Waals surface area contributed by atoms with E-state index >= 15 is 0 Å². The Labute approximate surface area is 103 Å². The van der Waals surface area contributed by atoms with Crippen LogP contribution >= 0.6 is 11.8 Å². The summed E-state index contributed by atoms with van der Waals surface area (Å²) < 4.78 is 3.95. The lowest BCUT2D eigenvalue weighted by molar-refractivity contribution is 0.795. The molecule has 0 fully saturated rings. The van der Waals surface area contributed by atoms with Gasteiger partial charge in [0.25, 0.3) is 0 Å². The van der Waals surface area contributed by atoms with Gasteiger partial charge >= 0.3 is 0 Å². The van der Waals surface area contributed by atoms with Gasteiger partial charge in [0.2, 0.25) is 0 Å². The molecule has 3 aromatic heterocycles. The molecule has 86 valence electrons. The molecule has 0 aliphatic rings. The van der Waals surface area contributed by atoms with E-state index in [1.165, 1.54) is 0 Å². The standard InChI is InChI=1S/C11H11N5S/c1-15-10(13-14-11(15)17-2)8-3-5-16-6-4-12-9(16)7-8/h3-7H,1-2H3. The number of hydrogen-bond donors (Lipinski definition) is 0. The summed E-state index contributed by atoms with van der Waals surface area (Å²) in [4.78, 5) is 4.26. The first-order valence-electron chi connectivity index (χ1n) is 5.16. The first-order valence-corrected chi connectivity index (χ1v) is 6.38. The number of nitrogens with zero attached hydrogens (tertiary/aromatic N) is 5. The van der Waals surface area contributed by atoms with Crippen molar-refractivity contribution in [3.63, 3.8) is 0 Å². The second-order valence-corrected chi connectivity index (χ2v) is 4.45. The van der Waals surface area contributed by atoms with Crippen molar-refractivity contribution in [1.82, 2.24) is 24.1 Å². The van der Waals surface area contributed by atoms with Crippen molar-refractivity contribution in [2.45, 2.75) is 5.16 Å². The molecular formula is C11H11N5S. The zero-order valence-corrected chi connectivity index (χ0v) is 10.3. The molecule has 6 heteroatoms. The Balaban J connectivity index is 2.16. The fourth-order valence-corrected chi connectivity index (χ4v) is 2.28. The van der Waals surface area contributed by atoms with Gasteiger partial charge in [-0.2, -0.15) is 0 Å². The summed E-state index contributed by atoms with van der Waals surface area (Å²) in [5, 5.41) is 9.24. The zero-order chi connectivity index (χ0) is 11.8. The maximum atomic E-state index is 4.26. The molecule has 17 heavy (non-hydrogen) atoms. The summed E-state index contributed by atoms with van der Waals surface area (Å²) >= 11 is 1.58. The van der Waals surface area contributed by atoms with Gasteiger partial charge in [0.1, 0.15) is 5.65 Å². The molecule has 0 amide bonds. The van der Waals surface area contributed by atoms with Crippen molar-refractivity contribution in [2.24, 2.45) is 7.05 Å². The van der Waals surface area contributed by atoms with Gasteiger partial charge in [0, 0.05) is 31.2 Å². The van der Waals surface area contributed by atoms with Crippen molar-refractivity contribution in [2.75, 3.05) is 6.26 Å². The smallest absolute Gasteiger partial charge is 0.190 e. The monoisotopic (exact) mass is 245 g/mol. The minimum atomic E-state index is 0.861. The van der Waals surface area contributed by atoms with Gasteiger partial charge in [-0.05, 0) is 18.4 Å². The lowest BCUT2D eigenvalue weighted by Gasteiger charge is -2.02. The minimum Gasteiger partial charge on any atom is -0.307 e. The summed E-state index contributed by atoms with van der Waals surface area (Å²) in [6.45, 7) is 0. The molecular weight excluding hydrogens is 234 g/mol. The molecule has 3 heterocycles. The summed E-state index contributed by atoms with van der Waals surface area (Å²) in [6.07, 6.45) is 7.67. The van der Waals surface area contributed by atoms with Crippen molar-refractivity contribution in [1.29, 1.82) is 0 Å². The van der Waals surface area contributed by atoms with Gasteiger partial charge in [-0.3, -0.25) is 0 Å². The molecule has 0 radical (unpaired) electrons. The van der Waals surface area contributed by atoms with Gasteiger partial charge in [0.05, 0.1) is 0 Å². The van der Waals surface area contributed by atoms with Crippen LogP contribution in [0, 0.1) is 0 Å². The summed E-state index contributed by atoms with van der Waals surface area (Å²) in [5.41, 5.74) is 1.94. The predicted molar refractivity (Wildman–Crippen MR) is 67.0 cm³/mol. The summed E-state index contributed by atoms with van der Waals surface area (Å²) in [6, 6.07) is 4.02. The topological polar surface area (TPSA) is 48.0 Å². The lowest BCUT2D eigenvalue weighted by atomic mass is 10.2. The van der Waals surface area contributed by atoms with Gasteiger partial charge in [0.15, 0.2) is 11.0 Å². The Kier molecular flexibility index (Phi) is 2.36. The number of rotatable bonds is 2. The number of hydrogen-bond acceptors (Lipinski definition) is 4. The number of thioether (sulfide) groups is 1. The molecule has 0 aromatic carbocycles. The van der Waals surface area contributed by atoms with Gasteiger partial charge < -0.3 is 8.97 Å². The highest BCUT2D eigenvalue weighted by atomic mass is 32.2. The van der Waals surface area contributed by atoms with Crippen LogP contribution in [0.4, 0.5) is 0 Å². The third-order valence-corrected chi connectivity index (χ3v) is 3.39. The van der Waals surface area contributed by atoms with Crippen LogP contribution in [0.15, 0.2) is 35.9 Å². The van der Waals surface area contributed by atoms with Gasteiger partial charge in [-0.25, -0.2) is 4.98 Å². The van der Waals surface area contributed by atoms with E-state index in [0.717, 1.165) is 22.2 Å². The Morgan fingerprint density at radius 3 is 2.88 bits per heavy atom. The average molecular weight is 245 g/mol. The van der Waals surface area contributed by atoms with Crippen molar-refractivity contribution in [3.05, 3.63) is 30.7 Å². The number of aromatic nitrogens is 5. The molecule has 0 N–H and O–H groups in total. The second kappa shape index (κ2) is 3.89. The fraction of sp³-hybridized carbons (Fsp3) is 0.182. The molecule has 0 saturated heterocycles. The molecule has 0 bridgehead atoms. The van der Waals surface area contributed by atoms with Crippen LogP contribution in [0.3, 0.4) is 0 Å². The highest BCUT2D eigenvalue weighted by molar-refractivity contribution is 7.98. The average Bonchev–Trinajstić information content (AvgIpc) is 2.94. The number of fused-ring (bicyclic) bond motifs is 1. The summed E-state index contributed by atoms with van der Waals surface area (Å²) in [7, 11) is 1.97. The van der Waals surface area contributed by atoms with E-state index < -0.39 is 0 Å². The van der Waals surface area contributed by atoms with E-state index in [0.29, 0.717) is 0 Å². The number of imidazole rings is 1. The maximum absolute atomic E-state index is 4.26. The van der Waals surface area contributed by atoms with Crippen LogP contribution in [0.1, 0.15) is 0 Å². The van der Waals surface area contributed by atoms with Crippen LogP contribution in [0.25, 0.3) is 17.0 Å². The van der Waals surface area contributed by atoms with E-state index in [-0.39, 0.29) is 0 Å². The first kappa shape index (κ1) is 10.3. The molecule has 5 nitrogen and oxygen atoms in total. The molecule has 0 unspecified atom stereocenters. The Hall–Kier alpha value is -1.82. The summed E-state index contributed by atoms with van der Waals surface area (Å²) in [5.74, 6) is 0.861. The molecule has 3 aromatic rings. The molecule has 3 rings (SSSR count). The normalized spacial score (nSPS) is 11.2. The highest BCUT2D eigenvalue weighted by Crippen LogP contribution is 2.21. The van der Waals surface area contributed by atoms with E-state index in [9.17, 15) is 0 Å². The van der Waals surface area contributed by atoms with E-state index in [2.05, 4.69) is 15.2 Å². The van der Waals surface area contributed by atoms with Crippen molar-refractivity contribution < 1.29 is 0 Å². The van der Waals surface area contributed by atoms with Crippen LogP contribution in [-0.4, -0.2) is 30.4 Å². The van der Waals surface area contributed by atoms with Crippen molar-refractivity contribution in [3.8, 4) is 11.4 Å². The predicted octanol–water partition coefficient (Wildman–Crippen LogP) is 1.85. The third kappa shape index (κ3) is 1.61.